The number of amides is 3. The standard InChI is InChI=1S/C13H13ClN2O3/c1-16-11(17)6-10(13(16)19)15-12(18)9-4-2-3-8(5-9)7-14/h2-5,10H,6-7H2,1H3,(H,15,18). The highest BCUT2D eigenvalue weighted by Gasteiger charge is 2.36. The van der Waals surface area contributed by atoms with E-state index in [1.165, 1.54) is 7.05 Å². The van der Waals surface area contributed by atoms with Crippen molar-refractivity contribution in [1.82, 2.24) is 10.2 Å². The number of imide groups is 1. The van der Waals surface area contributed by atoms with Crippen LogP contribution in [0.1, 0.15) is 22.3 Å². The lowest BCUT2D eigenvalue weighted by molar-refractivity contribution is -0.137. The van der Waals surface area contributed by atoms with Crippen molar-refractivity contribution < 1.29 is 14.4 Å². The average molecular weight is 281 g/mol. The van der Waals surface area contributed by atoms with E-state index >= 15 is 0 Å². The quantitative estimate of drug-likeness (QED) is 0.661. The lowest BCUT2D eigenvalue weighted by Crippen LogP contribution is -2.40. The Balaban J connectivity index is 2.09. The van der Waals surface area contributed by atoms with Crippen molar-refractivity contribution in [1.29, 1.82) is 0 Å². The molecule has 1 saturated heterocycles. The number of carbonyl (C=O) groups excluding carboxylic acids is 3. The zero-order valence-corrected chi connectivity index (χ0v) is 11.1. The zero-order chi connectivity index (χ0) is 14.0. The second-order valence-electron chi connectivity index (χ2n) is 4.36. The molecule has 3 amide bonds. The number of hydrogen-bond donors (Lipinski definition) is 1. The van der Waals surface area contributed by atoms with Crippen LogP contribution in [0.2, 0.25) is 0 Å². The maximum Gasteiger partial charge on any atom is 0.252 e. The number of rotatable bonds is 3. The number of likely N-dealkylation sites (N-methyl/N-ethyl adjacent to an activating group) is 1. The van der Waals surface area contributed by atoms with Crippen LogP contribution in [-0.4, -0.2) is 35.7 Å². The molecule has 0 radical (unpaired) electrons. The summed E-state index contributed by atoms with van der Waals surface area (Å²) in [4.78, 5) is 36.0. The second kappa shape index (κ2) is 5.40. The third-order valence-electron chi connectivity index (χ3n) is 3.03. The van der Waals surface area contributed by atoms with Crippen molar-refractivity contribution in [2.45, 2.75) is 18.3 Å². The van der Waals surface area contributed by atoms with Crippen molar-refractivity contribution in [3.8, 4) is 0 Å². The molecule has 100 valence electrons. The first-order chi connectivity index (χ1) is 9.02. The molecule has 1 aromatic rings. The van der Waals surface area contributed by atoms with Gasteiger partial charge in [-0.25, -0.2) is 0 Å². The van der Waals surface area contributed by atoms with Crippen molar-refractivity contribution >= 4 is 29.3 Å². The number of carbonyl (C=O) groups is 3. The summed E-state index contributed by atoms with van der Waals surface area (Å²) in [6.07, 6.45) is 0.0102. The van der Waals surface area contributed by atoms with Crippen LogP contribution in [0.25, 0.3) is 0 Å². The molecule has 2 rings (SSSR count). The number of hydrogen-bond acceptors (Lipinski definition) is 3. The maximum atomic E-state index is 12.0. The van der Waals surface area contributed by atoms with Crippen LogP contribution in [0, 0.1) is 0 Å². The van der Waals surface area contributed by atoms with E-state index in [0.29, 0.717) is 11.4 Å². The Morgan fingerprint density at radius 2 is 2.21 bits per heavy atom. The van der Waals surface area contributed by atoms with Crippen LogP contribution in [0.15, 0.2) is 24.3 Å². The number of halogens is 1. The third kappa shape index (κ3) is 2.76. The van der Waals surface area contributed by atoms with Gasteiger partial charge in [0.2, 0.25) is 5.91 Å². The van der Waals surface area contributed by atoms with Crippen molar-refractivity contribution in [3.05, 3.63) is 35.4 Å². The smallest absolute Gasteiger partial charge is 0.252 e. The number of nitrogens with one attached hydrogen (secondary N) is 1. The molecule has 1 N–H and O–H groups in total. The molecule has 0 bridgehead atoms. The Hall–Kier alpha value is -1.88. The maximum absolute atomic E-state index is 12.0. The van der Waals surface area contributed by atoms with Crippen LogP contribution in [0.4, 0.5) is 0 Å². The van der Waals surface area contributed by atoms with Crippen molar-refractivity contribution in [2.24, 2.45) is 0 Å². The van der Waals surface area contributed by atoms with Crippen LogP contribution in [0.5, 0.6) is 0 Å². The van der Waals surface area contributed by atoms with Gasteiger partial charge in [-0.3, -0.25) is 19.3 Å². The molecule has 0 saturated carbocycles. The van der Waals surface area contributed by atoms with E-state index in [1.54, 1.807) is 18.2 Å². The minimum absolute atomic E-state index is 0.0102. The first kappa shape index (κ1) is 13.5. The van der Waals surface area contributed by atoms with E-state index in [1.807, 2.05) is 6.07 Å². The van der Waals surface area contributed by atoms with E-state index in [0.717, 1.165) is 10.5 Å². The van der Waals surface area contributed by atoms with Gasteiger partial charge in [0.05, 0.1) is 6.42 Å². The van der Waals surface area contributed by atoms with E-state index in [-0.39, 0.29) is 24.1 Å². The summed E-state index contributed by atoms with van der Waals surface area (Å²) in [5.41, 5.74) is 1.24. The first-order valence-corrected chi connectivity index (χ1v) is 6.32. The van der Waals surface area contributed by atoms with E-state index in [9.17, 15) is 14.4 Å². The van der Waals surface area contributed by atoms with Gasteiger partial charge in [0.25, 0.3) is 11.8 Å². The number of nitrogens with zero attached hydrogens (tertiary/aromatic N) is 1. The number of likely N-dealkylation sites (tertiary alicyclic amines) is 1. The molecule has 1 aliphatic heterocycles. The molecule has 1 atom stereocenters. The zero-order valence-electron chi connectivity index (χ0n) is 10.4. The van der Waals surface area contributed by atoms with Crippen LogP contribution in [0.3, 0.4) is 0 Å². The topological polar surface area (TPSA) is 66.5 Å². The molecular weight excluding hydrogens is 268 g/mol. The van der Waals surface area contributed by atoms with Gasteiger partial charge in [0.15, 0.2) is 0 Å². The highest BCUT2D eigenvalue weighted by atomic mass is 35.5. The summed E-state index contributed by atoms with van der Waals surface area (Å²) >= 11 is 5.70. The van der Waals surface area contributed by atoms with Gasteiger partial charge < -0.3 is 5.32 Å². The number of alkyl halides is 1. The molecule has 0 spiro atoms. The van der Waals surface area contributed by atoms with Crippen LogP contribution < -0.4 is 5.32 Å². The van der Waals surface area contributed by atoms with E-state index in [4.69, 9.17) is 11.6 Å². The van der Waals surface area contributed by atoms with Crippen molar-refractivity contribution in [3.63, 3.8) is 0 Å². The molecule has 1 aliphatic rings. The highest BCUT2D eigenvalue weighted by Crippen LogP contribution is 2.12. The Bertz CT molecular complexity index is 544. The fourth-order valence-corrected chi connectivity index (χ4v) is 2.07. The Labute approximate surface area is 115 Å². The SMILES string of the molecule is CN1C(=O)CC(NC(=O)c2cccc(CCl)c2)C1=O. The molecule has 6 heteroatoms. The van der Waals surface area contributed by atoms with Gasteiger partial charge in [-0.2, -0.15) is 0 Å². The van der Waals surface area contributed by atoms with Gasteiger partial charge in [-0.05, 0) is 17.7 Å². The molecule has 1 unspecified atom stereocenters. The first-order valence-electron chi connectivity index (χ1n) is 5.79. The van der Waals surface area contributed by atoms with Gasteiger partial charge in [-0.1, -0.05) is 12.1 Å². The predicted octanol–water partition coefficient (Wildman–Crippen LogP) is 0.912. The van der Waals surface area contributed by atoms with Gasteiger partial charge in [-0.15, -0.1) is 11.6 Å². The van der Waals surface area contributed by atoms with Crippen molar-refractivity contribution in [2.75, 3.05) is 7.05 Å². The fourth-order valence-electron chi connectivity index (χ4n) is 1.91. The van der Waals surface area contributed by atoms with Crippen LogP contribution in [-0.2, 0) is 15.5 Å². The summed E-state index contributed by atoms with van der Waals surface area (Å²) in [6, 6.07) is 6.05. The summed E-state index contributed by atoms with van der Waals surface area (Å²) in [7, 11) is 1.41. The summed E-state index contributed by atoms with van der Waals surface area (Å²) < 4.78 is 0. The highest BCUT2D eigenvalue weighted by molar-refractivity contribution is 6.17. The van der Waals surface area contributed by atoms with Crippen LogP contribution >= 0.6 is 11.6 Å². The molecule has 19 heavy (non-hydrogen) atoms. The Morgan fingerprint density at radius 3 is 2.79 bits per heavy atom. The average Bonchev–Trinajstić information content (AvgIpc) is 2.66. The van der Waals surface area contributed by atoms with E-state index < -0.39 is 6.04 Å². The normalized spacial score (nSPS) is 18.8. The molecule has 5 nitrogen and oxygen atoms in total. The Morgan fingerprint density at radius 1 is 1.47 bits per heavy atom. The number of benzene rings is 1. The predicted molar refractivity (Wildman–Crippen MR) is 69.6 cm³/mol. The molecular formula is C13H13ClN2O3. The van der Waals surface area contributed by atoms with Gasteiger partial charge >= 0.3 is 0 Å². The second-order valence-corrected chi connectivity index (χ2v) is 4.62. The van der Waals surface area contributed by atoms with Gasteiger partial charge in [0.1, 0.15) is 6.04 Å². The largest absolute Gasteiger partial charge is 0.340 e. The minimum Gasteiger partial charge on any atom is -0.340 e. The molecule has 1 fully saturated rings. The monoisotopic (exact) mass is 280 g/mol. The molecule has 0 aliphatic carbocycles. The lowest BCUT2D eigenvalue weighted by atomic mass is 10.1. The van der Waals surface area contributed by atoms with E-state index in [2.05, 4.69) is 5.32 Å². The fraction of sp³-hybridized carbons (Fsp3) is 0.308. The summed E-state index contributed by atoms with van der Waals surface area (Å²) in [5, 5.41) is 2.56. The van der Waals surface area contributed by atoms with Gasteiger partial charge in [0, 0.05) is 18.5 Å². The molecule has 0 aromatic heterocycles. The summed E-state index contributed by atoms with van der Waals surface area (Å²) in [5.74, 6) is -0.741. The molecule has 1 heterocycles. The minimum atomic E-state index is -0.773. The molecule has 1 aromatic carbocycles. The third-order valence-corrected chi connectivity index (χ3v) is 3.34. The Kier molecular flexibility index (Phi) is 3.85. The summed E-state index contributed by atoms with van der Waals surface area (Å²) in [6.45, 7) is 0. The lowest BCUT2D eigenvalue weighted by Gasteiger charge is -2.11.